The van der Waals surface area contributed by atoms with Crippen LogP contribution in [-0.4, -0.2) is 71.1 Å². The van der Waals surface area contributed by atoms with E-state index < -0.39 is 23.7 Å². The fraction of sp³-hybridized carbons (Fsp3) is 0.654. The minimum Gasteiger partial charge on any atom is -0.465 e. The lowest BCUT2D eigenvalue weighted by Gasteiger charge is -2.34. The smallest absolute Gasteiger partial charge is 0.326 e. The summed E-state index contributed by atoms with van der Waals surface area (Å²) in [6.07, 6.45) is 1.19. The van der Waals surface area contributed by atoms with E-state index in [1.807, 2.05) is 51.1 Å². The van der Waals surface area contributed by atoms with Crippen LogP contribution in [0.2, 0.25) is 0 Å². The number of hydrogen-bond donors (Lipinski definition) is 1. The van der Waals surface area contributed by atoms with Crippen LogP contribution in [-0.2, 0) is 30.3 Å². The second-order valence-corrected chi connectivity index (χ2v) is 11.0. The fourth-order valence-corrected chi connectivity index (χ4v) is 5.34. The second-order valence-electron chi connectivity index (χ2n) is 9.95. The number of nitrogens with zero attached hydrogens (tertiary/aromatic N) is 1. The van der Waals surface area contributed by atoms with Gasteiger partial charge in [0.25, 0.3) is 0 Å². The summed E-state index contributed by atoms with van der Waals surface area (Å²) in [7, 11) is 0. The average molecular weight is 493 g/mol. The van der Waals surface area contributed by atoms with Gasteiger partial charge in [-0.1, -0.05) is 44.2 Å². The Morgan fingerprint density at radius 3 is 2.44 bits per heavy atom. The molecule has 1 aromatic carbocycles. The summed E-state index contributed by atoms with van der Waals surface area (Å²) in [6, 6.07) is 8.62. The zero-order valence-electron chi connectivity index (χ0n) is 21.3. The number of aryl methyl sites for hydroxylation is 1. The lowest BCUT2D eigenvalue weighted by molar-refractivity contribution is -0.160. The van der Waals surface area contributed by atoms with Gasteiger partial charge in [0.15, 0.2) is 0 Å². The highest BCUT2D eigenvalue weighted by Crippen LogP contribution is 2.24. The maximum absolute atomic E-state index is 13.6. The lowest BCUT2D eigenvalue weighted by atomic mass is 10.0. The van der Waals surface area contributed by atoms with Crippen molar-refractivity contribution in [1.29, 1.82) is 0 Å². The maximum atomic E-state index is 13.6. The van der Waals surface area contributed by atoms with E-state index in [1.54, 1.807) is 23.6 Å². The van der Waals surface area contributed by atoms with E-state index in [9.17, 15) is 14.4 Å². The van der Waals surface area contributed by atoms with E-state index in [1.165, 1.54) is 0 Å². The third kappa shape index (κ3) is 8.95. The molecule has 8 heteroatoms. The number of amides is 1. The number of thioether (sulfide) groups is 1. The molecule has 34 heavy (non-hydrogen) atoms. The first-order chi connectivity index (χ1) is 16.0. The Kier molecular flexibility index (Phi) is 10.9. The number of esters is 2. The molecule has 0 radical (unpaired) electrons. The van der Waals surface area contributed by atoms with Gasteiger partial charge in [0.1, 0.15) is 18.2 Å². The van der Waals surface area contributed by atoms with Crippen LogP contribution in [0.1, 0.15) is 53.5 Å². The molecule has 1 heterocycles. The quantitative estimate of drug-likeness (QED) is 0.501. The van der Waals surface area contributed by atoms with E-state index >= 15 is 0 Å². The van der Waals surface area contributed by atoms with Crippen molar-refractivity contribution < 1.29 is 23.9 Å². The van der Waals surface area contributed by atoms with Gasteiger partial charge >= 0.3 is 11.9 Å². The van der Waals surface area contributed by atoms with Gasteiger partial charge in [0, 0.05) is 17.5 Å². The van der Waals surface area contributed by atoms with Gasteiger partial charge in [0.2, 0.25) is 5.91 Å². The topological polar surface area (TPSA) is 84.9 Å². The SMILES string of the molecule is CCOC(=O)[C@H](CCc1ccccc1)N[C@H]1CSC[C@@H](C(C)C)N(CC(=O)OC(C)(C)C)C1=O. The van der Waals surface area contributed by atoms with Gasteiger partial charge in [0.05, 0.1) is 12.6 Å². The fourth-order valence-electron chi connectivity index (χ4n) is 3.92. The first kappa shape index (κ1) is 28.2. The van der Waals surface area contributed by atoms with Gasteiger partial charge in [-0.2, -0.15) is 11.8 Å². The van der Waals surface area contributed by atoms with Crippen molar-refractivity contribution in [3.05, 3.63) is 35.9 Å². The summed E-state index contributed by atoms with van der Waals surface area (Å²) >= 11 is 1.66. The Labute approximate surface area is 208 Å². The standard InChI is InChI=1S/C26H40N2O5S/c1-7-32-25(31)20(14-13-19-11-9-8-10-12-19)27-21-16-34-17-22(18(2)3)28(24(21)30)15-23(29)33-26(4,5)6/h8-12,18,20-22,27H,7,13-17H2,1-6H3/t20-,21-,22-/m0/s1. The molecule has 1 N–H and O–H groups in total. The Morgan fingerprint density at radius 1 is 1.18 bits per heavy atom. The molecule has 0 saturated carbocycles. The Hall–Kier alpha value is -2.06. The number of hydrogen-bond acceptors (Lipinski definition) is 7. The van der Waals surface area contributed by atoms with Gasteiger partial charge in [-0.05, 0) is 52.0 Å². The van der Waals surface area contributed by atoms with E-state index in [2.05, 4.69) is 19.2 Å². The predicted molar refractivity (Wildman–Crippen MR) is 136 cm³/mol. The summed E-state index contributed by atoms with van der Waals surface area (Å²) in [5, 5.41) is 3.27. The van der Waals surface area contributed by atoms with E-state index in [0.717, 1.165) is 11.3 Å². The maximum Gasteiger partial charge on any atom is 0.326 e. The molecule has 0 aromatic heterocycles. The second kappa shape index (κ2) is 13.1. The molecule has 0 unspecified atom stereocenters. The Morgan fingerprint density at radius 2 is 1.85 bits per heavy atom. The molecule has 3 atom stereocenters. The van der Waals surface area contributed by atoms with E-state index in [-0.39, 0.29) is 37.0 Å². The molecule has 7 nitrogen and oxygen atoms in total. The number of carbonyl (C=O) groups is 3. The molecule has 1 fully saturated rings. The summed E-state index contributed by atoms with van der Waals surface area (Å²) in [5.74, 6) is 0.454. The summed E-state index contributed by atoms with van der Waals surface area (Å²) < 4.78 is 10.8. The lowest BCUT2D eigenvalue weighted by Crippen LogP contribution is -2.56. The first-order valence-electron chi connectivity index (χ1n) is 12.1. The third-order valence-corrected chi connectivity index (χ3v) is 6.73. The molecule has 0 bridgehead atoms. The largest absolute Gasteiger partial charge is 0.465 e. The normalized spacial score (nSPS) is 20.1. The molecule has 2 rings (SSSR count). The molecule has 1 aromatic rings. The summed E-state index contributed by atoms with van der Waals surface area (Å²) in [4.78, 5) is 40.6. The van der Waals surface area contributed by atoms with Gasteiger partial charge < -0.3 is 14.4 Å². The van der Waals surface area contributed by atoms with Crippen molar-refractivity contribution in [2.24, 2.45) is 5.92 Å². The van der Waals surface area contributed by atoms with Crippen LogP contribution in [0.3, 0.4) is 0 Å². The van der Waals surface area contributed by atoms with Crippen LogP contribution in [0.25, 0.3) is 0 Å². The van der Waals surface area contributed by atoms with Crippen molar-refractivity contribution in [1.82, 2.24) is 10.2 Å². The number of benzene rings is 1. The van der Waals surface area contributed by atoms with Crippen LogP contribution >= 0.6 is 11.8 Å². The highest BCUT2D eigenvalue weighted by atomic mass is 32.2. The number of rotatable bonds is 10. The van der Waals surface area contributed by atoms with Gasteiger partial charge in [-0.3, -0.25) is 19.7 Å². The number of ether oxygens (including phenoxy) is 2. The van der Waals surface area contributed by atoms with Crippen LogP contribution in [0.4, 0.5) is 0 Å². The molecule has 0 spiro atoms. The molecule has 1 aliphatic heterocycles. The molecule has 190 valence electrons. The van der Waals surface area contributed by atoms with Crippen molar-refractivity contribution in [2.45, 2.75) is 78.1 Å². The van der Waals surface area contributed by atoms with Gasteiger partial charge in [-0.15, -0.1) is 0 Å². The highest BCUT2D eigenvalue weighted by molar-refractivity contribution is 7.99. The number of carbonyl (C=O) groups excluding carboxylic acids is 3. The van der Waals surface area contributed by atoms with Crippen LogP contribution < -0.4 is 5.32 Å². The molecule has 1 aliphatic rings. The molecular weight excluding hydrogens is 452 g/mol. The van der Waals surface area contributed by atoms with Crippen molar-refractivity contribution in [3.8, 4) is 0 Å². The van der Waals surface area contributed by atoms with Gasteiger partial charge in [-0.25, -0.2) is 0 Å². The van der Waals surface area contributed by atoms with Crippen LogP contribution in [0.5, 0.6) is 0 Å². The average Bonchev–Trinajstić information content (AvgIpc) is 2.90. The number of nitrogens with one attached hydrogen (secondary N) is 1. The minimum atomic E-state index is -0.627. The minimum absolute atomic E-state index is 0.0952. The Bertz CT molecular complexity index is 809. The molecule has 1 saturated heterocycles. The monoisotopic (exact) mass is 492 g/mol. The molecular formula is C26H40N2O5S. The van der Waals surface area contributed by atoms with E-state index in [4.69, 9.17) is 9.47 Å². The molecule has 1 amide bonds. The summed E-state index contributed by atoms with van der Waals surface area (Å²) in [6.45, 7) is 11.5. The van der Waals surface area contributed by atoms with E-state index in [0.29, 0.717) is 18.6 Å². The zero-order valence-corrected chi connectivity index (χ0v) is 22.2. The van der Waals surface area contributed by atoms with Crippen molar-refractivity contribution >= 4 is 29.6 Å². The highest BCUT2D eigenvalue weighted by Gasteiger charge is 2.38. The Balaban J connectivity index is 2.19. The third-order valence-electron chi connectivity index (χ3n) is 5.58. The molecule has 0 aliphatic carbocycles. The predicted octanol–water partition coefficient (Wildman–Crippen LogP) is 3.45. The van der Waals surface area contributed by atoms with Crippen LogP contribution in [0.15, 0.2) is 30.3 Å². The summed E-state index contributed by atoms with van der Waals surface area (Å²) in [5.41, 5.74) is 0.490. The van der Waals surface area contributed by atoms with Crippen molar-refractivity contribution in [3.63, 3.8) is 0 Å². The van der Waals surface area contributed by atoms with Crippen molar-refractivity contribution in [2.75, 3.05) is 24.7 Å². The van der Waals surface area contributed by atoms with Crippen LogP contribution in [0, 0.1) is 5.92 Å². The zero-order chi connectivity index (χ0) is 25.3. The first-order valence-corrected chi connectivity index (χ1v) is 13.2.